The van der Waals surface area contributed by atoms with Gasteiger partial charge in [-0.2, -0.15) is 4.99 Å². The fourth-order valence-corrected chi connectivity index (χ4v) is 1.49. The summed E-state index contributed by atoms with van der Waals surface area (Å²) in [5.74, 6) is 0. The molecule has 5 heteroatoms. The van der Waals surface area contributed by atoms with E-state index < -0.39 is 0 Å². The summed E-state index contributed by atoms with van der Waals surface area (Å²) in [6.07, 6.45) is 3.07. The molecule has 1 heterocycles. The number of nitrogens with zero attached hydrogens (tertiary/aromatic N) is 2. The zero-order valence-corrected chi connectivity index (χ0v) is 9.13. The number of hydrogen-bond donors (Lipinski definition) is 0. The minimum absolute atomic E-state index is 0.310. The highest BCUT2D eigenvalue weighted by Crippen LogP contribution is 2.25. The van der Waals surface area contributed by atoms with E-state index in [1.54, 1.807) is 19.2 Å². The van der Waals surface area contributed by atoms with Crippen molar-refractivity contribution in [1.29, 1.82) is 0 Å². The van der Waals surface area contributed by atoms with Crippen LogP contribution in [-0.2, 0) is 4.79 Å². The van der Waals surface area contributed by atoms with Crippen molar-refractivity contribution in [3.05, 3.63) is 27.5 Å². The third-order valence-electron chi connectivity index (χ3n) is 1.53. The molecule has 0 radical (unpaired) electrons. The van der Waals surface area contributed by atoms with Crippen LogP contribution in [0.3, 0.4) is 0 Å². The molecule has 0 N–H and O–H groups in total. The zero-order chi connectivity index (χ0) is 9.84. The molecule has 1 unspecified atom stereocenters. The largest absolute Gasteiger partial charge is 0.243 e. The van der Waals surface area contributed by atoms with Crippen molar-refractivity contribution < 1.29 is 4.79 Å². The van der Waals surface area contributed by atoms with E-state index in [4.69, 9.17) is 11.6 Å². The van der Waals surface area contributed by atoms with Gasteiger partial charge in [-0.3, -0.25) is 0 Å². The van der Waals surface area contributed by atoms with Crippen molar-refractivity contribution in [2.24, 2.45) is 4.99 Å². The Bertz CT molecular complexity index is 363. The standard InChI is InChI=1S/C8H6BrClN2O/c1-5(12-4-13)7-2-6(9)3-11-8(7)10/h2-3,5H,1H3. The minimum atomic E-state index is -0.310. The van der Waals surface area contributed by atoms with Crippen molar-refractivity contribution >= 4 is 33.6 Å². The van der Waals surface area contributed by atoms with E-state index in [1.807, 2.05) is 0 Å². The van der Waals surface area contributed by atoms with Crippen molar-refractivity contribution in [2.45, 2.75) is 13.0 Å². The van der Waals surface area contributed by atoms with Crippen molar-refractivity contribution in [3.8, 4) is 0 Å². The van der Waals surface area contributed by atoms with E-state index >= 15 is 0 Å². The summed E-state index contributed by atoms with van der Waals surface area (Å²) in [4.78, 5) is 17.5. The molecule has 0 saturated carbocycles. The van der Waals surface area contributed by atoms with Crippen LogP contribution in [0, 0.1) is 0 Å². The fourth-order valence-electron chi connectivity index (χ4n) is 0.880. The number of hydrogen-bond acceptors (Lipinski definition) is 3. The molecular formula is C8H6BrClN2O. The van der Waals surface area contributed by atoms with Gasteiger partial charge in [0.1, 0.15) is 5.15 Å². The first-order valence-electron chi connectivity index (χ1n) is 3.53. The van der Waals surface area contributed by atoms with Gasteiger partial charge in [-0.25, -0.2) is 9.78 Å². The monoisotopic (exact) mass is 260 g/mol. The highest BCUT2D eigenvalue weighted by Gasteiger charge is 2.09. The van der Waals surface area contributed by atoms with Crippen LogP contribution in [0.2, 0.25) is 5.15 Å². The molecule has 1 aromatic rings. The van der Waals surface area contributed by atoms with Gasteiger partial charge in [0.05, 0.1) is 6.04 Å². The van der Waals surface area contributed by atoms with Crippen LogP contribution in [0.5, 0.6) is 0 Å². The Labute approximate surface area is 89.0 Å². The molecule has 0 aromatic carbocycles. The summed E-state index contributed by atoms with van der Waals surface area (Å²) < 4.78 is 0.805. The third-order valence-corrected chi connectivity index (χ3v) is 2.28. The lowest BCUT2D eigenvalue weighted by molar-refractivity contribution is 0.559. The van der Waals surface area contributed by atoms with Crippen LogP contribution in [0.25, 0.3) is 0 Å². The van der Waals surface area contributed by atoms with E-state index in [2.05, 4.69) is 25.9 Å². The lowest BCUT2D eigenvalue weighted by atomic mass is 10.1. The Hall–Kier alpha value is -0.700. The summed E-state index contributed by atoms with van der Waals surface area (Å²) in [7, 11) is 0. The molecule has 0 aliphatic rings. The van der Waals surface area contributed by atoms with Gasteiger partial charge in [0.15, 0.2) is 0 Å². The average molecular weight is 262 g/mol. The van der Waals surface area contributed by atoms with Gasteiger partial charge in [0.25, 0.3) is 0 Å². The quantitative estimate of drug-likeness (QED) is 0.467. The van der Waals surface area contributed by atoms with Gasteiger partial charge in [-0.05, 0) is 28.9 Å². The van der Waals surface area contributed by atoms with Gasteiger partial charge in [-0.1, -0.05) is 11.6 Å². The number of halogens is 2. The smallest absolute Gasteiger partial charge is 0.235 e. The predicted octanol–water partition coefficient (Wildman–Crippen LogP) is 2.89. The van der Waals surface area contributed by atoms with Crippen LogP contribution in [-0.4, -0.2) is 11.1 Å². The number of carbonyl (C=O) groups excluding carboxylic acids is 1. The molecule has 1 atom stereocenters. The Kier molecular flexibility index (Phi) is 3.60. The van der Waals surface area contributed by atoms with E-state index in [-0.39, 0.29) is 6.04 Å². The van der Waals surface area contributed by atoms with Crippen molar-refractivity contribution in [1.82, 2.24) is 4.98 Å². The highest BCUT2D eigenvalue weighted by molar-refractivity contribution is 9.10. The number of isocyanates is 1. The van der Waals surface area contributed by atoms with E-state index in [0.717, 1.165) is 4.47 Å². The van der Waals surface area contributed by atoms with Crippen LogP contribution < -0.4 is 0 Å². The highest BCUT2D eigenvalue weighted by atomic mass is 79.9. The number of aromatic nitrogens is 1. The lowest BCUT2D eigenvalue weighted by Gasteiger charge is -2.05. The SMILES string of the molecule is CC(N=C=O)c1cc(Br)cnc1Cl. The summed E-state index contributed by atoms with van der Waals surface area (Å²) in [5.41, 5.74) is 0.708. The Balaban J connectivity index is 3.12. The predicted molar refractivity (Wildman–Crippen MR) is 53.5 cm³/mol. The summed E-state index contributed by atoms with van der Waals surface area (Å²) >= 11 is 9.06. The van der Waals surface area contributed by atoms with E-state index in [1.165, 1.54) is 6.08 Å². The van der Waals surface area contributed by atoms with Gasteiger partial charge in [-0.15, -0.1) is 0 Å². The number of aliphatic imine (C=N–C) groups is 1. The first kappa shape index (κ1) is 10.4. The second-order valence-electron chi connectivity index (χ2n) is 2.43. The number of pyridine rings is 1. The topological polar surface area (TPSA) is 42.3 Å². The molecule has 3 nitrogen and oxygen atoms in total. The van der Waals surface area contributed by atoms with Crippen LogP contribution in [0.15, 0.2) is 21.7 Å². The Morgan fingerprint density at radius 2 is 2.46 bits per heavy atom. The van der Waals surface area contributed by atoms with Crippen molar-refractivity contribution in [2.75, 3.05) is 0 Å². The van der Waals surface area contributed by atoms with Crippen molar-refractivity contribution in [3.63, 3.8) is 0 Å². The van der Waals surface area contributed by atoms with Crippen LogP contribution >= 0.6 is 27.5 Å². The Morgan fingerprint density at radius 3 is 3.08 bits per heavy atom. The maximum absolute atomic E-state index is 10.0. The maximum Gasteiger partial charge on any atom is 0.235 e. The average Bonchev–Trinajstić information content (AvgIpc) is 2.09. The van der Waals surface area contributed by atoms with Crippen LogP contribution in [0.1, 0.15) is 18.5 Å². The molecule has 0 bridgehead atoms. The summed E-state index contributed by atoms with van der Waals surface area (Å²) in [6, 6.07) is 1.47. The minimum Gasteiger partial charge on any atom is -0.243 e. The Morgan fingerprint density at radius 1 is 1.77 bits per heavy atom. The number of rotatable bonds is 2. The van der Waals surface area contributed by atoms with Gasteiger partial charge < -0.3 is 0 Å². The normalized spacial score (nSPS) is 11.9. The molecular weight excluding hydrogens is 255 g/mol. The molecule has 0 saturated heterocycles. The third kappa shape index (κ3) is 2.62. The summed E-state index contributed by atoms with van der Waals surface area (Å²) in [5, 5.41) is 0.356. The molecule has 0 spiro atoms. The molecule has 68 valence electrons. The van der Waals surface area contributed by atoms with E-state index in [9.17, 15) is 4.79 Å². The van der Waals surface area contributed by atoms with Gasteiger partial charge >= 0.3 is 0 Å². The van der Waals surface area contributed by atoms with Crippen LogP contribution in [0.4, 0.5) is 0 Å². The molecule has 1 aromatic heterocycles. The van der Waals surface area contributed by atoms with Gasteiger partial charge in [0.2, 0.25) is 6.08 Å². The molecule has 1 rings (SSSR count). The molecule has 13 heavy (non-hydrogen) atoms. The zero-order valence-electron chi connectivity index (χ0n) is 6.79. The molecule has 0 aliphatic carbocycles. The fraction of sp³-hybridized carbons (Fsp3) is 0.250. The second kappa shape index (κ2) is 4.51. The first-order chi connectivity index (χ1) is 6.15. The summed E-state index contributed by atoms with van der Waals surface area (Å²) in [6.45, 7) is 1.75. The first-order valence-corrected chi connectivity index (χ1v) is 4.70. The maximum atomic E-state index is 10.0. The second-order valence-corrected chi connectivity index (χ2v) is 3.70. The van der Waals surface area contributed by atoms with Gasteiger partial charge in [0, 0.05) is 16.2 Å². The molecule has 0 fully saturated rings. The molecule has 0 aliphatic heterocycles. The lowest BCUT2D eigenvalue weighted by Crippen LogP contribution is -1.92. The van der Waals surface area contributed by atoms with E-state index in [0.29, 0.717) is 10.7 Å². The molecule has 0 amide bonds.